The first-order valence-electron chi connectivity index (χ1n) is 13.1. The van der Waals surface area contributed by atoms with Crippen molar-refractivity contribution in [1.29, 1.82) is 0 Å². The van der Waals surface area contributed by atoms with Crippen molar-refractivity contribution in [3.63, 3.8) is 0 Å². The van der Waals surface area contributed by atoms with Crippen LogP contribution in [0.2, 0.25) is 0 Å². The Labute approximate surface area is 212 Å². The molecule has 3 heteroatoms. The molecule has 0 saturated heterocycles. The van der Waals surface area contributed by atoms with Crippen molar-refractivity contribution >= 4 is 11.3 Å². The minimum Gasteiger partial charge on any atom is -0.495 e. The molecule has 3 nitrogen and oxygen atoms in total. The van der Waals surface area contributed by atoms with E-state index in [1.54, 1.807) is 0 Å². The minimum absolute atomic E-state index is 0.264. The number of rotatable bonds is 11. The molecule has 0 amide bonds. The number of hydrogen-bond acceptors (Lipinski definition) is 3. The number of aryl methyl sites for hydroxylation is 1. The lowest BCUT2D eigenvalue weighted by molar-refractivity contribution is 0.186. The highest BCUT2D eigenvalue weighted by Crippen LogP contribution is 2.39. The van der Waals surface area contributed by atoms with E-state index in [2.05, 4.69) is 75.9 Å². The Morgan fingerprint density at radius 3 is 2.49 bits per heavy atom. The highest BCUT2D eigenvalue weighted by Gasteiger charge is 2.21. The Morgan fingerprint density at radius 2 is 1.83 bits per heavy atom. The van der Waals surface area contributed by atoms with E-state index in [4.69, 9.17) is 15.2 Å². The predicted molar refractivity (Wildman–Crippen MR) is 150 cm³/mol. The molecule has 0 radical (unpaired) electrons. The van der Waals surface area contributed by atoms with Crippen LogP contribution in [0.25, 0.3) is 5.57 Å². The van der Waals surface area contributed by atoms with Crippen molar-refractivity contribution in [1.82, 2.24) is 0 Å². The third-order valence-corrected chi connectivity index (χ3v) is 6.52. The number of hydrogen-bond donors (Lipinski definition) is 1. The monoisotopic (exact) mass is 471 g/mol. The maximum atomic E-state index is 6.26. The molecule has 35 heavy (non-hydrogen) atoms. The van der Waals surface area contributed by atoms with E-state index in [0.29, 0.717) is 12.4 Å². The molecule has 0 aromatic heterocycles. The molecule has 2 aromatic carbocycles. The molecule has 0 aliphatic heterocycles. The lowest BCUT2D eigenvalue weighted by Crippen LogP contribution is -2.14. The van der Waals surface area contributed by atoms with Gasteiger partial charge in [0.15, 0.2) is 0 Å². The zero-order chi connectivity index (χ0) is 25.2. The van der Waals surface area contributed by atoms with Crippen LogP contribution in [0, 0.1) is 0 Å². The summed E-state index contributed by atoms with van der Waals surface area (Å²) in [5.41, 5.74) is 14.5. The lowest BCUT2D eigenvalue weighted by Gasteiger charge is -2.19. The third kappa shape index (κ3) is 6.91. The van der Waals surface area contributed by atoms with Gasteiger partial charge in [-0.2, -0.15) is 0 Å². The molecule has 0 bridgehead atoms. The van der Waals surface area contributed by atoms with Crippen LogP contribution in [0.5, 0.6) is 5.75 Å². The first-order valence-corrected chi connectivity index (χ1v) is 13.1. The molecular formula is C32H41NO2. The zero-order valence-electron chi connectivity index (χ0n) is 21.9. The van der Waals surface area contributed by atoms with Crippen molar-refractivity contribution in [2.24, 2.45) is 0 Å². The van der Waals surface area contributed by atoms with Gasteiger partial charge in [-0.15, -0.1) is 0 Å². The summed E-state index contributed by atoms with van der Waals surface area (Å²) >= 11 is 0. The summed E-state index contributed by atoms with van der Waals surface area (Å²) in [5.74, 6) is 1.61. The van der Waals surface area contributed by atoms with Crippen molar-refractivity contribution in [3.8, 4) is 5.75 Å². The number of fused-ring (bicyclic) bond motifs is 1. The fourth-order valence-electron chi connectivity index (χ4n) is 4.77. The molecule has 0 spiro atoms. The van der Waals surface area contributed by atoms with Crippen molar-refractivity contribution in [3.05, 3.63) is 101 Å². The summed E-state index contributed by atoms with van der Waals surface area (Å²) in [6, 6.07) is 15.0. The number of nitrogens with two attached hydrogens (primary N) is 1. The van der Waals surface area contributed by atoms with E-state index >= 15 is 0 Å². The van der Waals surface area contributed by atoms with Crippen LogP contribution in [0.15, 0.2) is 84.2 Å². The van der Waals surface area contributed by atoms with Gasteiger partial charge < -0.3 is 15.2 Å². The summed E-state index contributed by atoms with van der Waals surface area (Å²) in [6.45, 7) is 13.1. The lowest BCUT2D eigenvalue weighted by atomic mass is 9.87. The van der Waals surface area contributed by atoms with Crippen molar-refractivity contribution < 1.29 is 9.47 Å². The highest BCUT2D eigenvalue weighted by molar-refractivity contribution is 5.87. The van der Waals surface area contributed by atoms with Crippen LogP contribution in [-0.4, -0.2) is 12.7 Å². The molecule has 0 heterocycles. The minimum atomic E-state index is 0.264. The molecule has 2 N–H and O–H groups in total. The molecule has 0 fully saturated rings. The van der Waals surface area contributed by atoms with Gasteiger partial charge in [-0.3, -0.25) is 0 Å². The molecule has 1 aliphatic rings. The summed E-state index contributed by atoms with van der Waals surface area (Å²) in [6.07, 6.45) is 12.8. The van der Waals surface area contributed by atoms with E-state index in [1.807, 2.05) is 19.1 Å². The molecule has 3 rings (SSSR count). The number of nitrogen functional groups attached to an aromatic ring is 1. The number of allylic oxidation sites excluding steroid dienone is 5. The van der Waals surface area contributed by atoms with Gasteiger partial charge in [-0.05, 0) is 110 Å². The van der Waals surface area contributed by atoms with E-state index in [1.165, 1.54) is 33.4 Å². The number of benzene rings is 2. The van der Waals surface area contributed by atoms with Crippen LogP contribution in [-0.2, 0) is 11.2 Å². The molecular weight excluding hydrogens is 430 g/mol. The van der Waals surface area contributed by atoms with Crippen LogP contribution in [0.3, 0.4) is 0 Å². The summed E-state index contributed by atoms with van der Waals surface area (Å²) < 4.78 is 11.8. The maximum absolute atomic E-state index is 6.26. The van der Waals surface area contributed by atoms with Gasteiger partial charge in [0.1, 0.15) is 11.5 Å². The average Bonchev–Trinajstić information content (AvgIpc) is 3.04. The van der Waals surface area contributed by atoms with Crippen molar-refractivity contribution in [2.75, 3.05) is 12.3 Å². The first-order chi connectivity index (χ1) is 17.0. The quantitative estimate of drug-likeness (QED) is 0.203. The molecule has 1 atom stereocenters. The summed E-state index contributed by atoms with van der Waals surface area (Å²) in [5, 5.41) is 0. The second-order valence-corrected chi connectivity index (χ2v) is 9.06. The van der Waals surface area contributed by atoms with E-state index in [0.717, 1.165) is 50.0 Å². The average molecular weight is 472 g/mol. The van der Waals surface area contributed by atoms with Gasteiger partial charge in [0.05, 0.1) is 12.7 Å². The van der Waals surface area contributed by atoms with Gasteiger partial charge in [-0.25, -0.2) is 0 Å². The molecule has 2 aromatic rings. The van der Waals surface area contributed by atoms with Gasteiger partial charge in [0, 0.05) is 5.69 Å². The normalized spacial score (nSPS) is 15.0. The Bertz CT molecular complexity index is 1090. The maximum Gasteiger partial charge on any atom is 0.119 e. The fraction of sp³-hybridized carbons (Fsp3) is 0.375. The van der Waals surface area contributed by atoms with E-state index in [-0.39, 0.29) is 6.10 Å². The van der Waals surface area contributed by atoms with Gasteiger partial charge in [0.25, 0.3) is 0 Å². The summed E-state index contributed by atoms with van der Waals surface area (Å²) in [4.78, 5) is 0. The van der Waals surface area contributed by atoms with Crippen LogP contribution in [0.4, 0.5) is 5.69 Å². The smallest absolute Gasteiger partial charge is 0.119 e. The Hall–Kier alpha value is -3.20. The Balaban J connectivity index is 2.08. The van der Waals surface area contributed by atoms with Gasteiger partial charge in [-0.1, -0.05) is 57.2 Å². The topological polar surface area (TPSA) is 44.5 Å². The largest absolute Gasteiger partial charge is 0.495 e. The molecule has 1 aliphatic carbocycles. The SMILES string of the molecule is C=C(/C=C\C(=C/C)C1=C(c2ccc(OC(CC)CCC)cc2)c2ccc(N)cc2CCC1)OCC. The molecule has 0 saturated carbocycles. The molecule has 1 unspecified atom stereocenters. The number of anilines is 1. The summed E-state index contributed by atoms with van der Waals surface area (Å²) in [7, 11) is 0. The number of ether oxygens (including phenoxy) is 2. The third-order valence-electron chi connectivity index (χ3n) is 6.52. The van der Waals surface area contributed by atoms with E-state index in [9.17, 15) is 0 Å². The Morgan fingerprint density at radius 1 is 1.06 bits per heavy atom. The Kier molecular flexibility index (Phi) is 9.84. The van der Waals surface area contributed by atoms with Crippen LogP contribution >= 0.6 is 0 Å². The predicted octanol–water partition coefficient (Wildman–Crippen LogP) is 8.42. The second kappa shape index (κ2) is 13.0. The van der Waals surface area contributed by atoms with E-state index < -0.39 is 0 Å². The zero-order valence-corrected chi connectivity index (χ0v) is 21.9. The fourth-order valence-corrected chi connectivity index (χ4v) is 4.77. The van der Waals surface area contributed by atoms with Gasteiger partial charge in [0.2, 0.25) is 0 Å². The van der Waals surface area contributed by atoms with Crippen LogP contribution < -0.4 is 10.5 Å². The van der Waals surface area contributed by atoms with Gasteiger partial charge >= 0.3 is 0 Å². The first kappa shape index (κ1) is 26.4. The highest BCUT2D eigenvalue weighted by atomic mass is 16.5. The van der Waals surface area contributed by atoms with Crippen LogP contribution in [0.1, 0.15) is 76.5 Å². The second-order valence-electron chi connectivity index (χ2n) is 9.06. The standard InChI is InChI=1S/C32H41NO2/c1-6-11-28(8-3)35-29-19-16-25(17-20-29)32-30(24(7-2)15-14-23(5)34-9-4)13-10-12-26-22-27(33)18-21-31(26)32/h7,14-22,28H,5-6,8-13,33H2,1-4H3/b15-14-,24-7+. The van der Waals surface area contributed by atoms with Crippen molar-refractivity contribution in [2.45, 2.75) is 72.3 Å². The molecule has 186 valence electrons.